The van der Waals surface area contributed by atoms with Crippen molar-refractivity contribution >= 4 is 11.7 Å². The fourth-order valence-electron chi connectivity index (χ4n) is 2.62. The molecule has 2 aromatic rings. The summed E-state index contributed by atoms with van der Waals surface area (Å²) in [6.45, 7) is 2.51. The Balaban J connectivity index is 1.82. The number of pyridine rings is 1. The third kappa shape index (κ3) is 5.57. The molecule has 0 saturated carbocycles. The summed E-state index contributed by atoms with van der Waals surface area (Å²) in [5, 5.41) is 11.9. The number of aliphatic carboxylic acids is 1. The maximum atomic E-state index is 10.7. The second kappa shape index (κ2) is 8.91. The van der Waals surface area contributed by atoms with Gasteiger partial charge < -0.3 is 15.2 Å². The number of anilines is 1. The smallest absolute Gasteiger partial charge is 0.303 e. The van der Waals surface area contributed by atoms with Crippen molar-refractivity contribution in [3.05, 3.63) is 53.9 Å². The summed E-state index contributed by atoms with van der Waals surface area (Å²) in [4.78, 5) is 15.1. The first kappa shape index (κ1) is 17.8. The van der Waals surface area contributed by atoms with Crippen molar-refractivity contribution in [1.29, 1.82) is 0 Å². The zero-order valence-corrected chi connectivity index (χ0v) is 14.2. The van der Waals surface area contributed by atoms with E-state index in [0.717, 1.165) is 35.5 Å². The number of hydrogen-bond donors (Lipinski definition) is 2. The van der Waals surface area contributed by atoms with Gasteiger partial charge in [-0.3, -0.25) is 9.78 Å². The minimum absolute atomic E-state index is 0.124. The van der Waals surface area contributed by atoms with Gasteiger partial charge in [0.25, 0.3) is 0 Å². The fourth-order valence-corrected chi connectivity index (χ4v) is 2.62. The molecule has 24 heavy (non-hydrogen) atoms. The lowest BCUT2D eigenvalue weighted by atomic mass is 9.98. The average molecular weight is 328 g/mol. The number of hydrogen-bond acceptors (Lipinski definition) is 4. The number of aromatic nitrogens is 1. The van der Waals surface area contributed by atoms with Crippen LogP contribution in [-0.2, 0) is 17.6 Å². The van der Waals surface area contributed by atoms with Crippen LogP contribution in [0.15, 0.2) is 42.6 Å². The molecule has 1 heterocycles. The van der Waals surface area contributed by atoms with E-state index in [2.05, 4.69) is 10.3 Å². The Bertz CT molecular complexity index is 656. The summed E-state index contributed by atoms with van der Waals surface area (Å²) in [5.74, 6) is 0.183. The van der Waals surface area contributed by atoms with Crippen molar-refractivity contribution in [2.75, 3.05) is 19.0 Å². The van der Waals surface area contributed by atoms with E-state index in [-0.39, 0.29) is 12.3 Å². The molecule has 1 atom stereocenters. The third-order valence-electron chi connectivity index (χ3n) is 3.80. The van der Waals surface area contributed by atoms with Crippen LogP contribution in [0.25, 0.3) is 0 Å². The molecule has 0 amide bonds. The van der Waals surface area contributed by atoms with Gasteiger partial charge in [0, 0.05) is 26.1 Å². The zero-order valence-electron chi connectivity index (χ0n) is 14.2. The molecule has 0 saturated heterocycles. The molecule has 0 bridgehead atoms. The lowest BCUT2D eigenvalue weighted by molar-refractivity contribution is -0.137. The first-order valence-corrected chi connectivity index (χ1v) is 8.13. The molecule has 5 heteroatoms. The lowest BCUT2D eigenvalue weighted by Gasteiger charge is -2.11. The Hall–Kier alpha value is -2.56. The molecule has 2 N–H and O–H groups in total. The van der Waals surface area contributed by atoms with Crippen molar-refractivity contribution in [2.45, 2.75) is 26.2 Å². The van der Waals surface area contributed by atoms with Gasteiger partial charge in [0.15, 0.2) is 0 Å². The molecule has 1 aromatic carbocycles. The van der Waals surface area contributed by atoms with E-state index in [9.17, 15) is 4.79 Å². The molecule has 128 valence electrons. The van der Waals surface area contributed by atoms with E-state index >= 15 is 0 Å². The standard InChI is InChI=1S/C19H24N2O3/c1-14(13-19(22)23)12-15-5-7-16(8-6-15)24-11-9-18-17(20-2)4-3-10-21-18/h3-8,10,14,20H,9,11-13H2,1-2H3,(H,22,23). The first-order chi connectivity index (χ1) is 11.6. The Morgan fingerprint density at radius 1 is 1.29 bits per heavy atom. The molecule has 0 aliphatic rings. The quantitative estimate of drug-likeness (QED) is 0.738. The van der Waals surface area contributed by atoms with E-state index in [1.54, 1.807) is 6.20 Å². The summed E-state index contributed by atoms with van der Waals surface area (Å²) in [6.07, 6.45) is 3.46. The van der Waals surface area contributed by atoms with Gasteiger partial charge in [-0.1, -0.05) is 19.1 Å². The van der Waals surface area contributed by atoms with Crippen LogP contribution in [0.3, 0.4) is 0 Å². The molecular formula is C19H24N2O3. The second-order valence-electron chi connectivity index (χ2n) is 5.90. The number of carboxylic acids is 1. The Morgan fingerprint density at radius 2 is 2.04 bits per heavy atom. The van der Waals surface area contributed by atoms with Gasteiger partial charge in [-0.25, -0.2) is 0 Å². The maximum Gasteiger partial charge on any atom is 0.303 e. The van der Waals surface area contributed by atoms with Crippen LogP contribution in [0.5, 0.6) is 5.75 Å². The van der Waals surface area contributed by atoms with E-state index in [4.69, 9.17) is 9.84 Å². The van der Waals surface area contributed by atoms with Crippen molar-refractivity contribution in [2.24, 2.45) is 5.92 Å². The van der Waals surface area contributed by atoms with Gasteiger partial charge in [-0.15, -0.1) is 0 Å². The summed E-state index contributed by atoms with van der Waals surface area (Å²) >= 11 is 0. The number of nitrogens with one attached hydrogen (secondary N) is 1. The normalized spacial score (nSPS) is 11.8. The van der Waals surface area contributed by atoms with Crippen molar-refractivity contribution in [3.8, 4) is 5.75 Å². The number of benzene rings is 1. The first-order valence-electron chi connectivity index (χ1n) is 8.13. The SMILES string of the molecule is CNc1cccnc1CCOc1ccc(CC(C)CC(=O)O)cc1. The van der Waals surface area contributed by atoms with Crippen LogP contribution >= 0.6 is 0 Å². The minimum atomic E-state index is -0.752. The number of rotatable bonds is 9. The summed E-state index contributed by atoms with van der Waals surface area (Å²) < 4.78 is 5.77. The molecular weight excluding hydrogens is 304 g/mol. The van der Waals surface area contributed by atoms with Gasteiger partial charge in [-0.05, 0) is 42.2 Å². The van der Waals surface area contributed by atoms with Crippen LogP contribution in [0.4, 0.5) is 5.69 Å². The van der Waals surface area contributed by atoms with Gasteiger partial charge in [0.2, 0.25) is 0 Å². The predicted molar refractivity (Wildman–Crippen MR) is 94.5 cm³/mol. The van der Waals surface area contributed by atoms with E-state index < -0.39 is 5.97 Å². The Kier molecular flexibility index (Phi) is 6.61. The lowest BCUT2D eigenvalue weighted by Crippen LogP contribution is -2.07. The van der Waals surface area contributed by atoms with Gasteiger partial charge >= 0.3 is 5.97 Å². The molecule has 0 radical (unpaired) electrons. The maximum absolute atomic E-state index is 10.7. The van der Waals surface area contributed by atoms with Crippen LogP contribution < -0.4 is 10.1 Å². The van der Waals surface area contributed by atoms with Crippen molar-refractivity contribution in [3.63, 3.8) is 0 Å². The number of carbonyl (C=O) groups is 1. The largest absolute Gasteiger partial charge is 0.493 e. The molecule has 5 nitrogen and oxygen atoms in total. The van der Waals surface area contributed by atoms with Crippen LogP contribution in [0.1, 0.15) is 24.6 Å². The fraction of sp³-hybridized carbons (Fsp3) is 0.368. The summed E-state index contributed by atoms with van der Waals surface area (Å²) in [7, 11) is 1.88. The molecule has 1 unspecified atom stereocenters. The van der Waals surface area contributed by atoms with Gasteiger partial charge in [0.1, 0.15) is 5.75 Å². The summed E-state index contributed by atoms with van der Waals surface area (Å²) in [5.41, 5.74) is 3.13. The zero-order chi connectivity index (χ0) is 17.4. The predicted octanol–water partition coefficient (Wildman–Crippen LogP) is 3.40. The Morgan fingerprint density at radius 3 is 2.71 bits per heavy atom. The average Bonchev–Trinajstić information content (AvgIpc) is 2.56. The molecule has 0 spiro atoms. The number of ether oxygens (including phenoxy) is 1. The molecule has 2 rings (SSSR count). The van der Waals surface area contributed by atoms with E-state index in [1.165, 1.54) is 0 Å². The van der Waals surface area contributed by atoms with Gasteiger partial charge in [-0.2, -0.15) is 0 Å². The topological polar surface area (TPSA) is 71.5 Å². The van der Waals surface area contributed by atoms with E-state index in [0.29, 0.717) is 6.61 Å². The Labute approximate surface area is 142 Å². The van der Waals surface area contributed by atoms with Crippen LogP contribution in [0.2, 0.25) is 0 Å². The van der Waals surface area contributed by atoms with Crippen molar-refractivity contribution in [1.82, 2.24) is 4.98 Å². The highest BCUT2D eigenvalue weighted by molar-refractivity contribution is 5.67. The highest BCUT2D eigenvalue weighted by atomic mass is 16.5. The second-order valence-corrected chi connectivity index (χ2v) is 5.90. The van der Waals surface area contributed by atoms with E-state index in [1.807, 2.05) is 50.4 Å². The van der Waals surface area contributed by atoms with Gasteiger partial charge in [0.05, 0.1) is 18.0 Å². The minimum Gasteiger partial charge on any atom is -0.493 e. The third-order valence-corrected chi connectivity index (χ3v) is 3.80. The molecule has 0 fully saturated rings. The molecule has 1 aromatic heterocycles. The monoisotopic (exact) mass is 328 g/mol. The molecule has 0 aliphatic carbocycles. The van der Waals surface area contributed by atoms with Crippen molar-refractivity contribution < 1.29 is 14.6 Å². The highest BCUT2D eigenvalue weighted by Crippen LogP contribution is 2.17. The highest BCUT2D eigenvalue weighted by Gasteiger charge is 2.08. The summed E-state index contributed by atoms with van der Waals surface area (Å²) in [6, 6.07) is 11.7. The molecule has 0 aliphatic heterocycles. The van der Waals surface area contributed by atoms with Crippen LogP contribution in [-0.4, -0.2) is 29.7 Å². The number of carboxylic acid groups (broad SMARTS) is 1. The van der Waals surface area contributed by atoms with Crippen LogP contribution in [0, 0.1) is 5.92 Å². The number of nitrogens with zero attached hydrogens (tertiary/aromatic N) is 1.